The van der Waals surface area contributed by atoms with Gasteiger partial charge in [-0.15, -0.1) is 0 Å². The van der Waals surface area contributed by atoms with Crippen LogP contribution in [0.5, 0.6) is 17.2 Å². The highest BCUT2D eigenvalue weighted by molar-refractivity contribution is 6.07. The summed E-state index contributed by atoms with van der Waals surface area (Å²) in [5.74, 6) is 1.61. The number of rotatable bonds is 6. The van der Waals surface area contributed by atoms with Gasteiger partial charge in [-0.05, 0) is 25.1 Å². The van der Waals surface area contributed by atoms with E-state index in [0.717, 1.165) is 5.56 Å². The predicted octanol–water partition coefficient (Wildman–Crippen LogP) is 2.65. The van der Waals surface area contributed by atoms with E-state index in [1.165, 1.54) is 6.08 Å². The number of allylic oxidation sites excluding steroid dienone is 1. The van der Waals surface area contributed by atoms with E-state index in [9.17, 15) is 4.79 Å². The summed E-state index contributed by atoms with van der Waals surface area (Å²) in [7, 11) is 6.46. The van der Waals surface area contributed by atoms with Crippen molar-refractivity contribution in [1.29, 1.82) is 0 Å². The molecule has 23 heavy (non-hydrogen) atoms. The van der Waals surface area contributed by atoms with Gasteiger partial charge in [-0.1, -0.05) is 0 Å². The second kappa shape index (κ2) is 7.00. The molecule has 0 bridgehead atoms. The van der Waals surface area contributed by atoms with Gasteiger partial charge in [0.25, 0.3) is 0 Å². The average Bonchev–Trinajstić information content (AvgIpc) is 2.90. The molecule has 1 aromatic carbocycles. The van der Waals surface area contributed by atoms with E-state index in [1.807, 2.05) is 0 Å². The smallest absolute Gasteiger partial charge is 0.189 e. The monoisotopic (exact) mass is 316 g/mol. The summed E-state index contributed by atoms with van der Waals surface area (Å²) < 4.78 is 17.5. The number of carbonyl (C=O) groups excluding carboxylic acids is 1. The Balaban J connectivity index is 2.34. The summed E-state index contributed by atoms with van der Waals surface area (Å²) in [6.45, 7) is 1.80. The number of hydrogen-bond donors (Lipinski definition) is 0. The highest BCUT2D eigenvalue weighted by atomic mass is 16.5. The van der Waals surface area contributed by atoms with Gasteiger partial charge in [-0.25, -0.2) is 0 Å². The zero-order valence-corrected chi connectivity index (χ0v) is 13.9. The molecule has 0 N–H and O–H groups in total. The summed E-state index contributed by atoms with van der Waals surface area (Å²) in [6.07, 6.45) is 4.89. The molecule has 0 atom stereocenters. The normalized spacial score (nSPS) is 10.8. The number of ketones is 1. The first kappa shape index (κ1) is 16.6. The number of aromatic nitrogens is 2. The number of hydrogen-bond acceptors (Lipinski definition) is 5. The summed E-state index contributed by atoms with van der Waals surface area (Å²) in [5, 5.41) is 4.17. The van der Waals surface area contributed by atoms with E-state index in [0.29, 0.717) is 28.5 Å². The van der Waals surface area contributed by atoms with Crippen LogP contribution in [0.2, 0.25) is 0 Å². The molecule has 1 aromatic heterocycles. The Morgan fingerprint density at radius 2 is 1.70 bits per heavy atom. The SMILES string of the molecule is COc1cc(OC)c(OC)cc1/C=C/C(=O)c1cn(C)nc1C. The number of nitrogens with zero attached hydrogens (tertiary/aromatic N) is 2. The average molecular weight is 316 g/mol. The quantitative estimate of drug-likeness (QED) is 0.605. The number of aryl methyl sites for hydroxylation is 2. The van der Waals surface area contributed by atoms with Gasteiger partial charge in [0.1, 0.15) is 5.75 Å². The molecular formula is C17H20N2O4. The van der Waals surface area contributed by atoms with Crippen molar-refractivity contribution >= 4 is 11.9 Å². The fourth-order valence-corrected chi connectivity index (χ4v) is 2.28. The molecule has 0 saturated heterocycles. The van der Waals surface area contributed by atoms with Crippen molar-refractivity contribution in [3.05, 3.63) is 41.2 Å². The van der Waals surface area contributed by atoms with Gasteiger partial charge < -0.3 is 14.2 Å². The van der Waals surface area contributed by atoms with Crippen LogP contribution in [0.15, 0.2) is 24.4 Å². The molecule has 0 aliphatic carbocycles. The zero-order valence-electron chi connectivity index (χ0n) is 13.9. The molecule has 0 unspecified atom stereocenters. The van der Waals surface area contributed by atoms with Crippen LogP contribution in [-0.4, -0.2) is 36.9 Å². The third-order valence-corrected chi connectivity index (χ3v) is 3.43. The Labute approximate surface area is 135 Å². The van der Waals surface area contributed by atoms with Crippen LogP contribution >= 0.6 is 0 Å². The Morgan fingerprint density at radius 3 is 2.22 bits per heavy atom. The fourth-order valence-electron chi connectivity index (χ4n) is 2.28. The molecule has 0 fully saturated rings. The Kier molecular flexibility index (Phi) is 5.05. The van der Waals surface area contributed by atoms with Gasteiger partial charge in [-0.2, -0.15) is 5.10 Å². The van der Waals surface area contributed by atoms with Gasteiger partial charge in [0, 0.05) is 24.9 Å². The van der Waals surface area contributed by atoms with Crippen LogP contribution in [0.3, 0.4) is 0 Å². The minimum atomic E-state index is -0.118. The molecule has 0 amide bonds. The topological polar surface area (TPSA) is 62.6 Å². The molecule has 2 rings (SSSR count). The lowest BCUT2D eigenvalue weighted by molar-refractivity contribution is 0.104. The second-order valence-corrected chi connectivity index (χ2v) is 4.95. The molecule has 0 aliphatic rings. The van der Waals surface area contributed by atoms with Crippen LogP contribution in [0, 0.1) is 6.92 Å². The molecular weight excluding hydrogens is 296 g/mol. The molecule has 1 heterocycles. The van der Waals surface area contributed by atoms with Crippen molar-refractivity contribution in [1.82, 2.24) is 9.78 Å². The summed E-state index contributed by atoms with van der Waals surface area (Å²) in [4.78, 5) is 12.3. The van der Waals surface area contributed by atoms with E-state index in [2.05, 4.69) is 5.10 Å². The van der Waals surface area contributed by atoms with Gasteiger partial charge in [0.2, 0.25) is 0 Å². The minimum Gasteiger partial charge on any atom is -0.496 e. The lowest BCUT2D eigenvalue weighted by Crippen LogP contribution is -1.96. The van der Waals surface area contributed by atoms with Crippen LogP contribution in [-0.2, 0) is 7.05 Å². The van der Waals surface area contributed by atoms with Crippen molar-refractivity contribution < 1.29 is 19.0 Å². The molecule has 2 aromatic rings. The standard InChI is InChI=1S/C17H20N2O4/c1-11-13(10-19(2)18-11)14(20)7-6-12-8-16(22-4)17(23-5)9-15(12)21-3/h6-10H,1-5H3/b7-6+. The van der Waals surface area contributed by atoms with E-state index in [1.54, 1.807) is 64.4 Å². The largest absolute Gasteiger partial charge is 0.496 e. The molecule has 0 aliphatic heterocycles. The summed E-state index contributed by atoms with van der Waals surface area (Å²) in [5.41, 5.74) is 1.99. The van der Waals surface area contributed by atoms with Crippen molar-refractivity contribution in [2.24, 2.45) is 7.05 Å². The molecule has 0 spiro atoms. The molecule has 6 nitrogen and oxygen atoms in total. The van der Waals surface area contributed by atoms with Gasteiger partial charge in [-0.3, -0.25) is 9.48 Å². The van der Waals surface area contributed by atoms with Crippen molar-refractivity contribution in [3.8, 4) is 17.2 Å². The maximum absolute atomic E-state index is 12.3. The molecule has 6 heteroatoms. The summed E-state index contributed by atoms with van der Waals surface area (Å²) in [6, 6.07) is 3.48. The van der Waals surface area contributed by atoms with Crippen LogP contribution in [0.25, 0.3) is 6.08 Å². The van der Waals surface area contributed by atoms with Crippen LogP contribution in [0.4, 0.5) is 0 Å². The third-order valence-electron chi connectivity index (χ3n) is 3.43. The Hall–Kier alpha value is -2.76. The highest BCUT2D eigenvalue weighted by Gasteiger charge is 2.12. The zero-order chi connectivity index (χ0) is 17.0. The predicted molar refractivity (Wildman–Crippen MR) is 87.4 cm³/mol. The molecule has 122 valence electrons. The van der Waals surface area contributed by atoms with E-state index >= 15 is 0 Å². The van der Waals surface area contributed by atoms with Crippen molar-refractivity contribution in [3.63, 3.8) is 0 Å². The first-order chi connectivity index (χ1) is 11.0. The summed E-state index contributed by atoms with van der Waals surface area (Å²) >= 11 is 0. The maximum atomic E-state index is 12.3. The lowest BCUT2D eigenvalue weighted by atomic mass is 10.1. The van der Waals surface area contributed by atoms with E-state index in [-0.39, 0.29) is 5.78 Å². The van der Waals surface area contributed by atoms with E-state index in [4.69, 9.17) is 14.2 Å². The lowest BCUT2D eigenvalue weighted by Gasteiger charge is -2.12. The Bertz CT molecular complexity index is 747. The highest BCUT2D eigenvalue weighted by Crippen LogP contribution is 2.35. The number of ether oxygens (including phenoxy) is 3. The molecule has 0 radical (unpaired) electrons. The third kappa shape index (κ3) is 3.53. The maximum Gasteiger partial charge on any atom is 0.189 e. The van der Waals surface area contributed by atoms with Crippen LogP contribution < -0.4 is 14.2 Å². The number of carbonyl (C=O) groups is 1. The van der Waals surface area contributed by atoms with Crippen LogP contribution in [0.1, 0.15) is 21.6 Å². The first-order valence-corrected chi connectivity index (χ1v) is 7.02. The first-order valence-electron chi connectivity index (χ1n) is 7.02. The number of methoxy groups -OCH3 is 3. The van der Waals surface area contributed by atoms with E-state index < -0.39 is 0 Å². The van der Waals surface area contributed by atoms with Crippen molar-refractivity contribution in [2.75, 3.05) is 21.3 Å². The van der Waals surface area contributed by atoms with Gasteiger partial charge in [0.15, 0.2) is 17.3 Å². The van der Waals surface area contributed by atoms with Gasteiger partial charge in [0.05, 0.1) is 32.6 Å². The Morgan fingerprint density at radius 1 is 1.09 bits per heavy atom. The number of benzene rings is 1. The van der Waals surface area contributed by atoms with Gasteiger partial charge >= 0.3 is 0 Å². The van der Waals surface area contributed by atoms with Crippen molar-refractivity contribution in [2.45, 2.75) is 6.92 Å². The fraction of sp³-hybridized carbons (Fsp3) is 0.294. The molecule has 0 saturated carbocycles. The minimum absolute atomic E-state index is 0.118. The second-order valence-electron chi connectivity index (χ2n) is 4.95.